The molecule has 1 unspecified atom stereocenters. The Morgan fingerprint density at radius 1 is 1.35 bits per heavy atom. The molecule has 0 aromatic heterocycles. The Morgan fingerprint density at radius 3 is 2.59 bits per heavy atom. The van der Waals surface area contributed by atoms with Gasteiger partial charge in [0.25, 0.3) is 0 Å². The SMILES string of the molecule is CC(Cl)C(=O)NC(=O)Nc1cc(Br)ccc1Br. The summed E-state index contributed by atoms with van der Waals surface area (Å²) in [6.07, 6.45) is 0. The predicted molar refractivity (Wildman–Crippen MR) is 74.3 cm³/mol. The fourth-order valence-electron chi connectivity index (χ4n) is 0.958. The third-order valence-corrected chi connectivity index (χ3v) is 3.16. The number of urea groups is 1. The van der Waals surface area contributed by atoms with Crippen molar-refractivity contribution in [1.29, 1.82) is 0 Å². The summed E-state index contributed by atoms with van der Waals surface area (Å²) in [6.45, 7) is 1.49. The van der Waals surface area contributed by atoms with Crippen molar-refractivity contribution in [1.82, 2.24) is 5.32 Å². The van der Waals surface area contributed by atoms with E-state index in [4.69, 9.17) is 11.6 Å². The number of hydrogen-bond donors (Lipinski definition) is 2. The number of hydrogen-bond acceptors (Lipinski definition) is 2. The van der Waals surface area contributed by atoms with Crippen molar-refractivity contribution in [2.24, 2.45) is 0 Å². The van der Waals surface area contributed by atoms with Crippen LogP contribution in [-0.2, 0) is 4.79 Å². The van der Waals surface area contributed by atoms with Gasteiger partial charge in [-0.1, -0.05) is 15.9 Å². The summed E-state index contributed by atoms with van der Waals surface area (Å²) in [4.78, 5) is 22.6. The Bertz CT molecular complexity index is 452. The number of rotatable bonds is 2. The molecular weight excluding hydrogens is 375 g/mol. The highest BCUT2D eigenvalue weighted by molar-refractivity contribution is 9.11. The lowest BCUT2D eigenvalue weighted by Crippen LogP contribution is -2.38. The van der Waals surface area contributed by atoms with Crippen LogP contribution in [0, 0.1) is 0 Å². The van der Waals surface area contributed by atoms with Crippen LogP contribution in [0.4, 0.5) is 10.5 Å². The van der Waals surface area contributed by atoms with Gasteiger partial charge < -0.3 is 5.32 Å². The predicted octanol–water partition coefficient (Wildman–Crippen LogP) is 3.49. The zero-order chi connectivity index (χ0) is 13.0. The molecular formula is C10H9Br2ClN2O2. The second-order valence-corrected chi connectivity index (χ2v) is 5.61. The third kappa shape index (κ3) is 4.65. The van der Waals surface area contributed by atoms with Gasteiger partial charge in [-0.25, -0.2) is 4.79 Å². The number of amides is 3. The Labute approximate surface area is 120 Å². The fourth-order valence-corrected chi connectivity index (χ4v) is 1.72. The molecule has 3 amide bonds. The molecule has 1 rings (SSSR count). The quantitative estimate of drug-likeness (QED) is 0.767. The fraction of sp³-hybridized carbons (Fsp3) is 0.200. The number of alkyl halides is 1. The standard InChI is InChI=1S/C10H9Br2ClN2O2/c1-5(13)9(16)15-10(17)14-8-4-6(11)2-3-7(8)12/h2-5H,1H3,(H2,14,15,16,17). The summed E-state index contributed by atoms with van der Waals surface area (Å²) >= 11 is 12.1. The summed E-state index contributed by atoms with van der Waals surface area (Å²) in [5.41, 5.74) is 0.548. The maximum Gasteiger partial charge on any atom is 0.325 e. The van der Waals surface area contributed by atoms with E-state index in [2.05, 4.69) is 42.5 Å². The van der Waals surface area contributed by atoms with E-state index in [1.54, 1.807) is 12.1 Å². The first-order valence-corrected chi connectivity index (χ1v) is 6.63. The molecule has 1 aromatic carbocycles. The molecule has 0 aliphatic rings. The van der Waals surface area contributed by atoms with Crippen LogP contribution in [0.3, 0.4) is 0 Å². The van der Waals surface area contributed by atoms with Gasteiger partial charge in [0.15, 0.2) is 0 Å². The van der Waals surface area contributed by atoms with Gasteiger partial charge in [-0.15, -0.1) is 11.6 Å². The van der Waals surface area contributed by atoms with E-state index >= 15 is 0 Å². The average molecular weight is 384 g/mol. The van der Waals surface area contributed by atoms with E-state index < -0.39 is 17.3 Å². The van der Waals surface area contributed by atoms with Crippen molar-refractivity contribution in [3.8, 4) is 0 Å². The molecule has 0 saturated carbocycles. The topological polar surface area (TPSA) is 58.2 Å². The molecule has 0 spiro atoms. The zero-order valence-corrected chi connectivity index (χ0v) is 12.7. The van der Waals surface area contributed by atoms with E-state index in [1.807, 2.05) is 6.07 Å². The molecule has 0 radical (unpaired) electrons. The summed E-state index contributed by atoms with van der Waals surface area (Å²) in [5, 5.41) is 3.89. The van der Waals surface area contributed by atoms with E-state index in [-0.39, 0.29) is 0 Å². The molecule has 0 bridgehead atoms. The lowest BCUT2D eigenvalue weighted by atomic mass is 10.3. The molecule has 17 heavy (non-hydrogen) atoms. The molecule has 0 saturated heterocycles. The van der Waals surface area contributed by atoms with Gasteiger partial charge in [-0.05, 0) is 41.1 Å². The Kier molecular flexibility index (Phi) is 5.42. The van der Waals surface area contributed by atoms with Crippen molar-refractivity contribution in [2.75, 3.05) is 5.32 Å². The molecule has 7 heteroatoms. The van der Waals surface area contributed by atoms with Gasteiger partial charge in [0, 0.05) is 8.95 Å². The highest BCUT2D eigenvalue weighted by atomic mass is 79.9. The monoisotopic (exact) mass is 382 g/mol. The van der Waals surface area contributed by atoms with Crippen molar-refractivity contribution in [2.45, 2.75) is 12.3 Å². The minimum absolute atomic E-state index is 0.546. The largest absolute Gasteiger partial charge is 0.325 e. The van der Waals surface area contributed by atoms with Gasteiger partial charge in [-0.3, -0.25) is 10.1 Å². The van der Waals surface area contributed by atoms with E-state index in [1.165, 1.54) is 6.92 Å². The number of carbonyl (C=O) groups excluding carboxylic acids is 2. The molecule has 0 aliphatic heterocycles. The number of nitrogens with one attached hydrogen (secondary N) is 2. The van der Waals surface area contributed by atoms with Crippen LogP contribution in [-0.4, -0.2) is 17.3 Å². The Morgan fingerprint density at radius 2 is 2.00 bits per heavy atom. The van der Waals surface area contributed by atoms with Gasteiger partial charge in [0.2, 0.25) is 5.91 Å². The molecule has 1 aromatic rings. The van der Waals surface area contributed by atoms with Crippen LogP contribution in [0.25, 0.3) is 0 Å². The molecule has 4 nitrogen and oxygen atoms in total. The van der Waals surface area contributed by atoms with Gasteiger partial charge >= 0.3 is 6.03 Å². The number of benzene rings is 1. The maximum atomic E-state index is 11.5. The van der Waals surface area contributed by atoms with E-state index in [0.29, 0.717) is 10.2 Å². The Hall–Kier alpha value is -0.590. The van der Waals surface area contributed by atoms with Gasteiger partial charge in [-0.2, -0.15) is 0 Å². The summed E-state index contributed by atoms with van der Waals surface area (Å²) in [6, 6.07) is 4.67. The highest BCUT2D eigenvalue weighted by Gasteiger charge is 2.13. The number of imide groups is 1. The number of anilines is 1. The van der Waals surface area contributed by atoms with E-state index in [9.17, 15) is 9.59 Å². The molecule has 0 aliphatic carbocycles. The summed E-state index contributed by atoms with van der Waals surface area (Å²) in [5.74, 6) is -0.546. The van der Waals surface area contributed by atoms with Crippen molar-refractivity contribution < 1.29 is 9.59 Å². The van der Waals surface area contributed by atoms with Crippen LogP contribution in [0.5, 0.6) is 0 Å². The molecule has 0 heterocycles. The lowest BCUT2D eigenvalue weighted by molar-refractivity contribution is -0.119. The van der Waals surface area contributed by atoms with Crippen LogP contribution in [0.15, 0.2) is 27.1 Å². The first-order valence-electron chi connectivity index (χ1n) is 4.61. The minimum atomic E-state index is -0.758. The second kappa shape index (κ2) is 6.37. The summed E-state index contributed by atoms with van der Waals surface area (Å²) in [7, 11) is 0. The molecule has 1 atom stereocenters. The smallest absolute Gasteiger partial charge is 0.306 e. The van der Waals surface area contributed by atoms with Gasteiger partial charge in [0.1, 0.15) is 5.38 Å². The van der Waals surface area contributed by atoms with Crippen molar-refractivity contribution >= 4 is 61.1 Å². The first-order chi connectivity index (χ1) is 7.90. The zero-order valence-electron chi connectivity index (χ0n) is 8.76. The average Bonchev–Trinajstić information content (AvgIpc) is 2.23. The van der Waals surface area contributed by atoms with Crippen LogP contribution < -0.4 is 10.6 Å². The number of halogens is 3. The summed E-state index contributed by atoms with van der Waals surface area (Å²) < 4.78 is 1.52. The third-order valence-electron chi connectivity index (χ3n) is 1.77. The molecule has 92 valence electrons. The maximum absolute atomic E-state index is 11.5. The minimum Gasteiger partial charge on any atom is -0.306 e. The van der Waals surface area contributed by atoms with Crippen molar-refractivity contribution in [3.63, 3.8) is 0 Å². The Balaban J connectivity index is 2.68. The van der Waals surface area contributed by atoms with Crippen LogP contribution in [0.2, 0.25) is 0 Å². The molecule has 0 fully saturated rings. The van der Waals surface area contributed by atoms with Crippen molar-refractivity contribution in [3.05, 3.63) is 27.1 Å². The highest BCUT2D eigenvalue weighted by Crippen LogP contribution is 2.25. The first kappa shape index (κ1) is 14.5. The second-order valence-electron chi connectivity index (χ2n) is 3.18. The van der Waals surface area contributed by atoms with E-state index in [0.717, 1.165) is 4.47 Å². The lowest BCUT2D eigenvalue weighted by Gasteiger charge is -2.09. The van der Waals surface area contributed by atoms with Crippen LogP contribution >= 0.6 is 43.5 Å². The normalized spacial score (nSPS) is 11.8. The number of carbonyl (C=O) groups is 2. The molecule has 2 N–H and O–H groups in total. The van der Waals surface area contributed by atoms with Crippen LogP contribution in [0.1, 0.15) is 6.92 Å². The van der Waals surface area contributed by atoms with Gasteiger partial charge in [0.05, 0.1) is 5.69 Å².